The Labute approximate surface area is 117 Å². The van der Waals surface area contributed by atoms with Gasteiger partial charge in [-0.05, 0) is 19.8 Å². The van der Waals surface area contributed by atoms with Gasteiger partial charge in [0.1, 0.15) is 0 Å². The molecule has 2 aliphatic rings. The van der Waals surface area contributed by atoms with E-state index in [4.69, 9.17) is 4.52 Å². The second-order valence-corrected chi connectivity index (χ2v) is 6.68. The molecule has 104 valence electrons. The Morgan fingerprint density at radius 2 is 2.16 bits per heavy atom. The van der Waals surface area contributed by atoms with Gasteiger partial charge in [0.2, 0.25) is 11.8 Å². The number of likely N-dealkylation sites (tertiary alicyclic amines) is 1. The molecule has 1 saturated heterocycles. The van der Waals surface area contributed by atoms with Crippen molar-refractivity contribution in [2.24, 2.45) is 0 Å². The molecule has 2 fully saturated rings. The zero-order valence-electron chi connectivity index (χ0n) is 11.2. The van der Waals surface area contributed by atoms with Crippen LogP contribution in [0.5, 0.6) is 0 Å². The predicted molar refractivity (Wildman–Crippen MR) is 73.1 cm³/mol. The van der Waals surface area contributed by atoms with Crippen LogP contribution in [0.2, 0.25) is 0 Å². The van der Waals surface area contributed by atoms with Crippen LogP contribution >= 0.6 is 11.8 Å². The maximum absolute atomic E-state index is 12.0. The second-order valence-electron chi connectivity index (χ2n) is 5.39. The van der Waals surface area contributed by atoms with Crippen molar-refractivity contribution in [1.82, 2.24) is 15.0 Å². The van der Waals surface area contributed by atoms with E-state index in [0.717, 1.165) is 13.1 Å². The van der Waals surface area contributed by atoms with E-state index >= 15 is 0 Å². The fourth-order valence-electron chi connectivity index (χ4n) is 2.65. The van der Waals surface area contributed by atoms with E-state index in [1.54, 1.807) is 0 Å². The van der Waals surface area contributed by atoms with Crippen molar-refractivity contribution >= 4 is 17.7 Å². The molecule has 6 heteroatoms. The molecular weight excluding hydrogens is 262 g/mol. The third kappa shape index (κ3) is 2.94. The molecule has 1 aliphatic carbocycles. The topological polar surface area (TPSA) is 59.2 Å². The summed E-state index contributed by atoms with van der Waals surface area (Å²) in [7, 11) is 0. The summed E-state index contributed by atoms with van der Waals surface area (Å²) < 4.78 is 5.13. The lowest BCUT2D eigenvalue weighted by molar-refractivity contribution is -0.133. The normalized spacial score (nSPS) is 20.8. The Morgan fingerprint density at radius 1 is 1.42 bits per heavy atom. The minimum absolute atomic E-state index is 0.238. The minimum atomic E-state index is 0.238. The maximum atomic E-state index is 12.0. The average molecular weight is 281 g/mol. The summed E-state index contributed by atoms with van der Waals surface area (Å²) in [5, 5.41) is 4.49. The van der Waals surface area contributed by atoms with E-state index in [-0.39, 0.29) is 11.8 Å². The fraction of sp³-hybridized carbons (Fsp3) is 0.769. The van der Waals surface area contributed by atoms with Crippen LogP contribution in [0.15, 0.2) is 4.52 Å². The van der Waals surface area contributed by atoms with Gasteiger partial charge in [0, 0.05) is 18.3 Å². The lowest BCUT2D eigenvalue weighted by Gasteiger charge is -2.37. The van der Waals surface area contributed by atoms with Crippen LogP contribution in [0.25, 0.3) is 0 Å². The molecule has 1 saturated carbocycles. The molecule has 19 heavy (non-hydrogen) atoms. The quantitative estimate of drug-likeness (QED) is 0.844. The number of carbonyl (C=O) groups excluding carboxylic acids is 1. The summed E-state index contributed by atoms with van der Waals surface area (Å²) >= 11 is 1.83. The number of hydrogen-bond donors (Lipinski definition) is 0. The number of hydrogen-bond acceptors (Lipinski definition) is 5. The molecule has 0 atom stereocenters. The smallest absolute Gasteiger partial charge is 0.233 e. The SMILES string of the molecule is Cc1noc(C2CN(C(=O)CSC3CCCC3)C2)n1. The van der Waals surface area contributed by atoms with Crippen molar-refractivity contribution in [3.63, 3.8) is 0 Å². The zero-order valence-corrected chi connectivity index (χ0v) is 12.0. The zero-order chi connectivity index (χ0) is 13.2. The standard InChI is InChI=1S/C13H19N3O2S/c1-9-14-13(18-15-9)10-6-16(7-10)12(17)8-19-11-4-2-3-5-11/h10-11H,2-8H2,1H3. The monoisotopic (exact) mass is 281 g/mol. The number of carbonyl (C=O) groups is 1. The van der Waals surface area contributed by atoms with Gasteiger partial charge in [-0.25, -0.2) is 0 Å². The number of aryl methyl sites for hydroxylation is 1. The van der Waals surface area contributed by atoms with Crippen molar-refractivity contribution in [1.29, 1.82) is 0 Å². The molecule has 0 bridgehead atoms. The highest BCUT2D eigenvalue weighted by Gasteiger charge is 2.35. The Balaban J connectivity index is 1.41. The van der Waals surface area contributed by atoms with E-state index in [1.165, 1.54) is 25.7 Å². The van der Waals surface area contributed by atoms with E-state index in [2.05, 4.69) is 10.1 Å². The highest BCUT2D eigenvalue weighted by molar-refractivity contribution is 8.00. The van der Waals surface area contributed by atoms with Crippen LogP contribution in [-0.2, 0) is 4.79 Å². The first kappa shape index (κ1) is 13.0. The summed E-state index contributed by atoms with van der Waals surface area (Å²) in [5.74, 6) is 2.45. The summed E-state index contributed by atoms with van der Waals surface area (Å²) in [6.07, 6.45) is 5.21. The molecule has 0 spiro atoms. The Bertz CT molecular complexity index is 450. The number of thioether (sulfide) groups is 1. The highest BCUT2D eigenvalue weighted by atomic mass is 32.2. The highest BCUT2D eigenvalue weighted by Crippen LogP contribution is 2.31. The Hall–Kier alpha value is -1.04. The van der Waals surface area contributed by atoms with Crippen LogP contribution in [0.1, 0.15) is 43.3 Å². The molecule has 1 aromatic rings. The van der Waals surface area contributed by atoms with E-state index in [0.29, 0.717) is 22.7 Å². The van der Waals surface area contributed by atoms with Gasteiger partial charge in [0.25, 0.3) is 0 Å². The summed E-state index contributed by atoms with van der Waals surface area (Å²) in [6, 6.07) is 0. The van der Waals surface area contributed by atoms with Gasteiger partial charge in [-0.1, -0.05) is 18.0 Å². The molecule has 0 radical (unpaired) electrons. The van der Waals surface area contributed by atoms with Gasteiger partial charge in [0.05, 0.1) is 11.7 Å². The van der Waals surface area contributed by atoms with Crippen molar-refractivity contribution < 1.29 is 9.32 Å². The molecule has 1 aliphatic heterocycles. The summed E-state index contributed by atoms with van der Waals surface area (Å²) in [5.41, 5.74) is 0. The van der Waals surface area contributed by atoms with Crippen LogP contribution < -0.4 is 0 Å². The van der Waals surface area contributed by atoms with Crippen LogP contribution in [0.3, 0.4) is 0 Å². The third-order valence-electron chi connectivity index (χ3n) is 3.87. The third-order valence-corrected chi connectivity index (χ3v) is 5.23. The molecule has 0 unspecified atom stereocenters. The number of nitrogens with zero attached hydrogens (tertiary/aromatic N) is 3. The molecule has 0 N–H and O–H groups in total. The van der Waals surface area contributed by atoms with Crippen molar-refractivity contribution in [2.45, 2.75) is 43.8 Å². The van der Waals surface area contributed by atoms with Gasteiger partial charge in [-0.15, -0.1) is 11.8 Å². The van der Waals surface area contributed by atoms with Gasteiger partial charge in [0.15, 0.2) is 5.82 Å². The molecule has 0 aromatic carbocycles. The second kappa shape index (κ2) is 5.53. The first-order valence-corrected chi connectivity index (χ1v) is 7.97. The first-order chi connectivity index (χ1) is 9.22. The number of rotatable bonds is 4. The lowest BCUT2D eigenvalue weighted by Crippen LogP contribution is -2.49. The average Bonchev–Trinajstić information content (AvgIpc) is 2.96. The van der Waals surface area contributed by atoms with Crippen LogP contribution in [0.4, 0.5) is 0 Å². The van der Waals surface area contributed by atoms with Gasteiger partial charge < -0.3 is 9.42 Å². The first-order valence-electron chi connectivity index (χ1n) is 6.92. The minimum Gasteiger partial charge on any atom is -0.340 e. The van der Waals surface area contributed by atoms with E-state index in [9.17, 15) is 4.79 Å². The predicted octanol–water partition coefficient (Wildman–Crippen LogP) is 1.98. The fourth-order valence-corrected chi connectivity index (χ4v) is 3.88. The molecule has 5 nitrogen and oxygen atoms in total. The molecule has 1 aromatic heterocycles. The lowest BCUT2D eigenvalue weighted by atomic mass is 10.0. The largest absolute Gasteiger partial charge is 0.340 e. The Kier molecular flexibility index (Phi) is 3.77. The van der Waals surface area contributed by atoms with Crippen LogP contribution in [-0.4, -0.2) is 45.0 Å². The Morgan fingerprint density at radius 3 is 2.79 bits per heavy atom. The molecular formula is C13H19N3O2S. The summed E-state index contributed by atoms with van der Waals surface area (Å²) in [6.45, 7) is 3.27. The van der Waals surface area contributed by atoms with Gasteiger partial charge in [-0.2, -0.15) is 4.98 Å². The van der Waals surface area contributed by atoms with E-state index < -0.39 is 0 Å². The van der Waals surface area contributed by atoms with Crippen molar-refractivity contribution in [3.05, 3.63) is 11.7 Å². The molecule has 3 rings (SSSR count). The van der Waals surface area contributed by atoms with Crippen molar-refractivity contribution in [2.75, 3.05) is 18.8 Å². The molecule has 1 amide bonds. The van der Waals surface area contributed by atoms with Crippen LogP contribution in [0, 0.1) is 6.92 Å². The van der Waals surface area contributed by atoms with E-state index in [1.807, 2.05) is 23.6 Å². The van der Waals surface area contributed by atoms with Gasteiger partial charge >= 0.3 is 0 Å². The van der Waals surface area contributed by atoms with Gasteiger partial charge in [-0.3, -0.25) is 4.79 Å². The number of aromatic nitrogens is 2. The number of amides is 1. The summed E-state index contributed by atoms with van der Waals surface area (Å²) in [4.78, 5) is 18.1. The van der Waals surface area contributed by atoms with Crippen molar-refractivity contribution in [3.8, 4) is 0 Å². The molecule has 2 heterocycles. The maximum Gasteiger partial charge on any atom is 0.233 e.